The summed E-state index contributed by atoms with van der Waals surface area (Å²) in [7, 11) is -21.1. The number of nitrogens with two attached hydrogens (primary N) is 3. The topological polar surface area (TPSA) is 563 Å². The number of methoxy groups -OCH3 is 2. The van der Waals surface area contributed by atoms with E-state index in [1.807, 2.05) is 0 Å². The van der Waals surface area contributed by atoms with Gasteiger partial charge in [0, 0.05) is 14.2 Å². The molecule has 6 aromatic heterocycles. The third-order valence-electron chi connectivity index (χ3n) is 11.8. The number of hydrogen-bond donors (Lipinski definition) is 8. The van der Waals surface area contributed by atoms with Crippen LogP contribution in [-0.4, -0.2) is 158 Å². The van der Waals surface area contributed by atoms with Gasteiger partial charge in [-0.05, 0) is 0 Å². The van der Waals surface area contributed by atoms with Crippen molar-refractivity contribution in [1.82, 2.24) is 53.6 Å². The zero-order chi connectivity index (χ0) is 55.0. The maximum atomic E-state index is 13.6. The summed E-state index contributed by atoms with van der Waals surface area (Å²) in [5.41, 5.74) is 15.4. The van der Waals surface area contributed by atoms with Crippen molar-refractivity contribution in [2.24, 2.45) is 7.05 Å². The first-order valence-corrected chi connectivity index (χ1v) is 27.3. The molecule has 9 heterocycles. The second-order valence-electron chi connectivity index (χ2n) is 16.6. The largest absolute Gasteiger partial charge is 0.756 e. The van der Waals surface area contributed by atoms with Crippen LogP contribution in [0.3, 0.4) is 0 Å². The number of rotatable bonds is 20. The maximum Gasteiger partial charge on any atom is 0.313 e. The average Bonchev–Trinajstić information content (AvgIpc) is 4.18. The molecule has 76 heavy (non-hydrogen) atoms. The van der Waals surface area contributed by atoms with Crippen LogP contribution in [0.5, 0.6) is 0 Å². The molecule has 416 valence electrons. The summed E-state index contributed by atoms with van der Waals surface area (Å²) in [5, 5.41) is 32.7. The standard InChI is InChI=1S/C33H45N15O24P4/c1-45-10-48(26-16(45)28(53)44-33(36)42-26)30-19(51)20(62-2)12(68-30)5-65-74(56,57)71-76(60,61)72-75(58,59)66-6-13-21(22(63-3)31(69-13)46-8-39-14-23(34)37-7-38-24(14)46)70-73(54,55)64-4-11-17(49)18(50)29(67-11)47-9-40-15-25(47)41-32(35)43-27(15)52/h7-13,17-22,29-31,49-51H,4-6H2,1-3H3,(H11-,34,35,36,37,38,41,42,43,44,52,53,54,55,56,57,58,59,60,61)/p-3. The van der Waals surface area contributed by atoms with Crippen LogP contribution in [0.15, 0.2) is 34.9 Å². The predicted octanol–water partition coefficient (Wildman–Crippen LogP) is -6.58. The number of H-pyrrole nitrogens is 2. The Labute approximate surface area is 421 Å². The molecule has 11 N–H and O–H groups in total. The smallest absolute Gasteiger partial charge is 0.313 e. The molecule has 0 aromatic carbocycles. The Hall–Kier alpha value is -5.15. The van der Waals surface area contributed by atoms with Gasteiger partial charge in [-0.3, -0.25) is 51.5 Å². The van der Waals surface area contributed by atoms with E-state index >= 15 is 0 Å². The molecule has 3 aliphatic heterocycles. The second-order valence-corrected chi connectivity index (χ2v) is 22.5. The van der Waals surface area contributed by atoms with Crippen molar-refractivity contribution in [2.45, 2.75) is 73.6 Å². The predicted molar refractivity (Wildman–Crippen MR) is 235 cm³/mol. The van der Waals surface area contributed by atoms with Gasteiger partial charge in [0.25, 0.3) is 48.4 Å². The van der Waals surface area contributed by atoms with Gasteiger partial charge >= 0.3 is 5.65 Å². The molecule has 9 rings (SSSR count). The van der Waals surface area contributed by atoms with Crippen molar-refractivity contribution in [2.75, 3.05) is 51.2 Å². The van der Waals surface area contributed by atoms with Crippen molar-refractivity contribution in [1.29, 1.82) is 0 Å². The Morgan fingerprint density at radius 1 is 0.671 bits per heavy atom. The summed E-state index contributed by atoms with van der Waals surface area (Å²) in [6.45, 7) is -3.57. The van der Waals surface area contributed by atoms with E-state index in [0.717, 1.165) is 42.3 Å². The van der Waals surface area contributed by atoms with Crippen molar-refractivity contribution in [3.05, 3.63) is 46.0 Å². The van der Waals surface area contributed by atoms with Gasteiger partial charge in [0.15, 0.2) is 41.4 Å². The molecule has 3 fully saturated rings. The Balaban J connectivity index is 0.866. The number of nitrogens with zero attached hydrogens (tertiary/aromatic N) is 10. The van der Waals surface area contributed by atoms with E-state index in [-0.39, 0.29) is 51.2 Å². The number of aryl methyl sites for hydroxylation is 1. The van der Waals surface area contributed by atoms with Crippen LogP contribution >= 0.6 is 31.3 Å². The lowest BCUT2D eigenvalue weighted by molar-refractivity contribution is -0.745. The van der Waals surface area contributed by atoms with E-state index < -0.39 is 136 Å². The number of fused-ring (bicyclic) bond motifs is 3. The molecule has 0 spiro atoms. The van der Waals surface area contributed by atoms with Crippen LogP contribution in [-0.2, 0) is 75.7 Å². The van der Waals surface area contributed by atoms with Crippen LogP contribution in [0, 0.1) is 0 Å². The van der Waals surface area contributed by atoms with Gasteiger partial charge in [0.05, 0.1) is 39.5 Å². The molecule has 16 atom stereocenters. The van der Waals surface area contributed by atoms with Crippen LogP contribution in [0.1, 0.15) is 18.7 Å². The lowest BCUT2D eigenvalue weighted by atomic mass is 10.1. The SMILES string of the molecule is COC1C(COP(=O)([O-])OP(=O)([O-])OP(=O)([O-])OCC2OC(n3cnc4c(N)ncnc43)C(OC)C2OP(=O)([O-])OCC2OC(n3cnc4c(=O)[nH]c(N)nc43)C(O)C2O)OC([n+]2cn(C)c3c(=O)[nH]c(N)nc32)C1O. The van der Waals surface area contributed by atoms with Gasteiger partial charge in [-0.1, -0.05) is 4.98 Å². The molecule has 0 radical (unpaired) electrons. The van der Waals surface area contributed by atoms with E-state index in [1.54, 1.807) is 0 Å². The summed E-state index contributed by atoms with van der Waals surface area (Å²) in [4.78, 5) is 106. The molecule has 0 saturated carbocycles. The van der Waals surface area contributed by atoms with Gasteiger partial charge in [-0.15, -0.1) is 0 Å². The Morgan fingerprint density at radius 3 is 1.89 bits per heavy atom. The minimum Gasteiger partial charge on any atom is -0.756 e. The molecular formula is C33H42N15O24P4-3. The summed E-state index contributed by atoms with van der Waals surface area (Å²) in [6, 6.07) is 0. The van der Waals surface area contributed by atoms with Crippen LogP contribution in [0.4, 0.5) is 17.7 Å². The third-order valence-corrected chi connectivity index (χ3v) is 16.9. The van der Waals surface area contributed by atoms with Crippen LogP contribution < -0.4 is 52.5 Å². The van der Waals surface area contributed by atoms with E-state index in [4.69, 9.17) is 54.5 Å². The lowest BCUT2D eigenvalue weighted by Crippen LogP contribution is -2.46. The highest BCUT2D eigenvalue weighted by atomic mass is 31.3. The average molecular weight is 1160 g/mol. The normalized spacial score (nSPS) is 30.2. The zero-order valence-corrected chi connectivity index (χ0v) is 42.3. The molecule has 3 saturated heterocycles. The van der Waals surface area contributed by atoms with E-state index in [2.05, 4.69) is 53.0 Å². The van der Waals surface area contributed by atoms with Crippen molar-refractivity contribution in [3.8, 4) is 0 Å². The number of imidazole rings is 3. The van der Waals surface area contributed by atoms with Gasteiger partial charge in [-0.25, -0.2) is 33.1 Å². The number of aliphatic hydroxyl groups excluding tert-OH is 3. The molecule has 0 bridgehead atoms. The summed E-state index contributed by atoms with van der Waals surface area (Å²) < 4.78 is 113. The quantitative estimate of drug-likeness (QED) is 0.0260. The number of hydrogen-bond acceptors (Lipinski definition) is 33. The monoisotopic (exact) mass is 1160 g/mol. The lowest BCUT2D eigenvalue weighted by Gasteiger charge is -2.35. The Morgan fingerprint density at radius 2 is 1.24 bits per heavy atom. The number of phosphoric acid groups is 4. The number of aliphatic hydroxyl groups is 3. The molecule has 6 aromatic rings. The number of phosphoric ester groups is 3. The van der Waals surface area contributed by atoms with Crippen molar-refractivity contribution < 1.29 is 108 Å². The summed E-state index contributed by atoms with van der Waals surface area (Å²) in [6.07, 6.45) is -15.4. The number of ether oxygens (including phenoxy) is 5. The second kappa shape index (κ2) is 20.9. The fraction of sp³-hybridized carbons (Fsp3) is 0.545. The Bertz CT molecular complexity index is 3490. The molecule has 43 heteroatoms. The van der Waals surface area contributed by atoms with E-state index in [1.165, 1.54) is 22.5 Å². The molecule has 0 amide bonds. The number of anilines is 3. The number of aromatic nitrogens is 12. The first-order valence-electron chi connectivity index (χ1n) is 21.5. The van der Waals surface area contributed by atoms with Gasteiger partial charge in [0.1, 0.15) is 66.8 Å². The van der Waals surface area contributed by atoms with Gasteiger partial charge in [0.2, 0.25) is 17.7 Å². The Kier molecular flexibility index (Phi) is 15.3. The highest BCUT2D eigenvalue weighted by Crippen LogP contribution is 2.63. The minimum atomic E-state index is -6.56. The highest BCUT2D eigenvalue weighted by Gasteiger charge is 2.52. The number of nitrogen functional groups attached to an aromatic ring is 3. The number of nitrogens with one attached hydrogen (secondary N) is 2. The minimum absolute atomic E-state index is 0.00288. The first-order chi connectivity index (χ1) is 35.7. The molecule has 16 unspecified atom stereocenters. The van der Waals surface area contributed by atoms with E-state index in [0.29, 0.717) is 0 Å². The summed E-state index contributed by atoms with van der Waals surface area (Å²) >= 11 is 0. The van der Waals surface area contributed by atoms with Crippen LogP contribution in [0.25, 0.3) is 33.5 Å². The van der Waals surface area contributed by atoms with E-state index in [9.17, 15) is 62.7 Å². The zero-order valence-electron chi connectivity index (χ0n) is 38.8. The first kappa shape index (κ1) is 55.6. The highest BCUT2D eigenvalue weighted by molar-refractivity contribution is 7.65. The van der Waals surface area contributed by atoms with Gasteiger partial charge in [-0.2, -0.15) is 4.98 Å². The molecule has 0 aliphatic carbocycles. The van der Waals surface area contributed by atoms with Crippen molar-refractivity contribution >= 4 is 82.5 Å². The third kappa shape index (κ3) is 11.0. The van der Waals surface area contributed by atoms with Crippen LogP contribution in [0.2, 0.25) is 0 Å². The fourth-order valence-electron chi connectivity index (χ4n) is 8.54. The van der Waals surface area contributed by atoms with Crippen molar-refractivity contribution in [3.63, 3.8) is 0 Å². The molecule has 3 aliphatic rings. The fourth-order valence-corrected chi connectivity index (χ4v) is 12.9. The number of aromatic amines is 2. The van der Waals surface area contributed by atoms with Gasteiger partial charge < -0.3 is 93.9 Å². The molecule has 39 nitrogen and oxygen atoms in total. The summed E-state index contributed by atoms with van der Waals surface area (Å²) in [5.74, 6) is -0.738. The molecular weight excluding hydrogens is 1110 g/mol. The maximum absolute atomic E-state index is 13.6.